The fourth-order valence-corrected chi connectivity index (χ4v) is 2.87. The molecule has 1 aliphatic carbocycles. The standard InChI is InChI=1S/C16H18N2OS/c1-11-5-8-15(20-11)10-17-14-4-2-3-12(9-14)16(19)18-13-6-7-13/h2-5,8-9,13,17H,6-7,10H2,1H3,(H,18,19). The molecule has 0 unspecified atom stereocenters. The number of hydrogen-bond donors (Lipinski definition) is 2. The molecule has 0 radical (unpaired) electrons. The summed E-state index contributed by atoms with van der Waals surface area (Å²) in [6.45, 7) is 2.91. The number of anilines is 1. The van der Waals surface area contributed by atoms with Gasteiger partial charge in [0, 0.05) is 33.6 Å². The van der Waals surface area contributed by atoms with Gasteiger partial charge < -0.3 is 10.6 Å². The van der Waals surface area contributed by atoms with Crippen LogP contribution < -0.4 is 10.6 Å². The third-order valence-electron chi connectivity index (χ3n) is 3.30. The zero-order valence-corrected chi connectivity index (χ0v) is 12.3. The van der Waals surface area contributed by atoms with E-state index in [1.54, 1.807) is 11.3 Å². The van der Waals surface area contributed by atoms with Crippen molar-refractivity contribution >= 4 is 22.9 Å². The Hall–Kier alpha value is -1.81. The molecule has 104 valence electrons. The second kappa shape index (κ2) is 5.67. The van der Waals surface area contributed by atoms with Crippen molar-refractivity contribution in [3.63, 3.8) is 0 Å². The van der Waals surface area contributed by atoms with Gasteiger partial charge in [0.15, 0.2) is 0 Å². The van der Waals surface area contributed by atoms with E-state index in [1.807, 2.05) is 24.3 Å². The Labute approximate surface area is 123 Å². The van der Waals surface area contributed by atoms with E-state index in [1.165, 1.54) is 9.75 Å². The van der Waals surface area contributed by atoms with Gasteiger partial charge in [-0.15, -0.1) is 11.3 Å². The molecule has 1 aliphatic rings. The van der Waals surface area contributed by atoms with Gasteiger partial charge in [0.2, 0.25) is 0 Å². The van der Waals surface area contributed by atoms with Crippen LogP contribution in [0.15, 0.2) is 36.4 Å². The van der Waals surface area contributed by atoms with Crippen LogP contribution in [0.4, 0.5) is 5.69 Å². The minimum absolute atomic E-state index is 0.0307. The fraction of sp³-hybridized carbons (Fsp3) is 0.312. The van der Waals surface area contributed by atoms with Crippen molar-refractivity contribution < 1.29 is 4.79 Å². The molecule has 0 saturated heterocycles. The monoisotopic (exact) mass is 286 g/mol. The molecule has 2 aromatic rings. The van der Waals surface area contributed by atoms with Gasteiger partial charge in [-0.2, -0.15) is 0 Å². The number of carbonyl (C=O) groups is 1. The average Bonchev–Trinajstić information content (AvgIpc) is 3.17. The number of nitrogens with one attached hydrogen (secondary N) is 2. The summed E-state index contributed by atoms with van der Waals surface area (Å²) in [5, 5.41) is 6.38. The van der Waals surface area contributed by atoms with Gasteiger partial charge in [-0.05, 0) is 50.1 Å². The maximum atomic E-state index is 12.0. The summed E-state index contributed by atoms with van der Waals surface area (Å²) < 4.78 is 0. The minimum atomic E-state index is 0.0307. The van der Waals surface area contributed by atoms with Gasteiger partial charge in [-0.25, -0.2) is 0 Å². The lowest BCUT2D eigenvalue weighted by atomic mass is 10.2. The van der Waals surface area contributed by atoms with Crippen LogP contribution >= 0.6 is 11.3 Å². The highest BCUT2D eigenvalue weighted by atomic mass is 32.1. The maximum Gasteiger partial charge on any atom is 0.251 e. The van der Waals surface area contributed by atoms with Crippen molar-refractivity contribution in [3.8, 4) is 0 Å². The van der Waals surface area contributed by atoms with Crippen molar-refractivity contribution in [3.05, 3.63) is 51.7 Å². The molecule has 0 spiro atoms. The number of benzene rings is 1. The van der Waals surface area contributed by atoms with Crippen LogP contribution in [0.25, 0.3) is 0 Å². The first-order valence-corrected chi connectivity index (χ1v) is 7.72. The molecule has 1 amide bonds. The number of aryl methyl sites for hydroxylation is 1. The number of hydrogen-bond acceptors (Lipinski definition) is 3. The highest BCUT2D eigenvalue weighted by molar-refractivity contribution is 7.11. The van der Waals surface area contributed by atoms with Gasteiger partial charge in [0.1, 0.15) is 0 Å². The molecule has 1 heterocycles. The smallest absolute Gasteiger partial charge is 0.251 e. The van der Waals surface area contributed by atoms with E-state index in [0.717, 1.165) is 30.6 Å². The van der Waals surface area contributed by atoms with Crippen LogP contribution in [0, 0.1) is 6.92 Å². The molecule has 20 heavy (non-hydrogen) atoms. The molecule has 4 heteroatoms. The van der Waals surface area contributed by atoms with Crippen molar-refractivity contribution in [2.75, 3.05) is 5.32 Å². The Morgan fingerprint density at radius 3 is 2.85 bits per heavy atom. The number of amides is 1. The summed E-state index contributed by atoms with van der Waals surface area (Å²) >= 11 is 1.79. The predicted molar refractivity (Wildman–Crippen MR) is 83.3 cm³/mol. The van der Waals surface area contributed by atoms with Crippen molar-refractivity contribution in [1.82, 2.24) is 5.32 Å². The molecule has 3 rings (SSSR count). The molecule has 1 aromatic carbocycles. The SMILES string of the molecule is Cc1ccc(CNc2cccc(C(=O)NC3CC3)c2)s1. The molecular weight excluding hydrogens is 268 g/mol. The summed E-state index contributed by atoms with van der Waals surface area (Å²) in [5.41, 5.74) is 1.71. The topological polar surface area (TPSA) is 41.1 Å². The van der Waals surface area contributed by atoms with Gasteiger partial charge in [0.25, 0.3) is 5.91 Å². The quantitative estimate of drug-likeness (QED) is 0.882. The molecule has 1 aromatic heterocycles. The third kappa shape index (κ3) is 3.39. The minimum Gasteiger partial charge on any atom is -0.380 e. The van der Waals surface area contributed by atoms with Crippen molar-refractivity contribution in [1.29, 1.82) is 0 Å². The van der Waals surface area contributed by atoms with Crippen molar-refractivity contribution in [2.45, 2.75) is 32.4 Å². The van der Waals surface area contributed by atoms with Crippen LogP contribution in [0.2, 0.25) is 0 Å². The molecule has 0 bridgehead atoms. The molecule has 3 nitrogen and oxygen atoms in total. The van der Waals surface area contributed by atoms with E-state index in [-0.39, 0.29) is 5.91 Å². The van der Waals surface area contributed by atoms with Gasteiger partial charge in [-0.3, -0.25) is 4.79 Å². The molecule has 0 aliphatic heterocycles. The Kier molecular flexibility index (Phi) is 3.74. The number of carbonyl (C=O) groups excluding carboxylic acids is 1. The summed E-state index contributed by atoms with van der Waals surface area (Å²) in [5.74, 6) is 0.0307. The molecular formula is C16H18N2OS. The summed E-state index contributed by atoms with van der Waals surface area (Å²) in [7, 11) is 0. The van der Waals surface area contributed by atoms with Gasteiger partial charge in [0.05, 0.1) is 0 Å². The zero-order chi connectivity index (χ0) is 13.9. The molecule has 1 saturated carbocycles. The lowest BCUT2D eigenvalue weighted by Gasteiger charge is -2.08. The predicted octanol–water partition coefficient (Wildman–Crippen LogP) is 3.56. The second-order valence-corrected chi connectivity index (χ2v) is 6.57. The Balaban J connectivity index is 1.62. The lowest BCUT2D eigenvalue weighted by Crippen LogP contribution is -2.25. The van der Waals surface area contributed by atoms with Crippen LogP contribution in [0.3, 0.4) is 0 Å². The highest BCUT2D eigenvalue weighted by Gasteiger charge is 2.23. The Morgan fingerprint density at radius 2 is 2.15 bits per heavy atom. The van der Waals surface area contributed by atoms with E-state index in [9.17, 15) is 4.79 Å². The second-order valence-electron chi connectivity index (χ2n) is 5.19. The lowest BCUT2D eigenvalue weighted by molar-refractivity contribution is 0.0951. The largest absolute Gasteiger partial charge is 0.380 e. The first-order chi connectivity index (χ1) is 9.70. The summed E-state index contributed by atoms with van der Waals surface area (Å²) in [4.78, 5) is 14.6. The Morgan fingerprint density at radius 1 is 1.30 bits per heavy atom. The number of thiophene rings is 1. The first kappa shape index (κ1) is 13.2. The highest BCUT2D eigenvalue weighted by Crippen LogP contribution is 2.20. The van der Waals surface area contributed by atoms with E-state index in [4.69, 9.17) is 0 Å². The van der Waals surface area contributed by atoms with Crippen LogP contribution in [0.1, 0.15) is 33.0 Å². The molecule has 2 N–H and O–H groups in total. The van der Waals surface area contributed by atoms with Crippen molar-refractivity contribution in [2.24, 2.45) is 0 Å². The van der Waals surface area contributed by atoms with Gasteiger partial charge in [-0.1, -0.05) is 6.07 Å². The maximum absolute atomic E-state index is 12.0. The number of rotatable bonds is 5. The average molecular weight is 286 g/mol. The molecule has 1 fully saturated rings. The van der Waals surface area contributed by atoms with Crippen LogP contribution in [0.5, 0.6) is 0 Å². The van der Waals surface area contributed by atoms with E-state index >= 15 is 0 Å². The van der Waals surface area contributed by atoms with Crippen LogP contribution in [-0.4, -0.2) is 11.9 Å². The zero-order valence-electron chi connectivity index (χ0n) is 11.5. The fourth-order valence-electron chi connectivity index (χ4n) is 2.04. The summed E-state index contributed by atoms with van der Waals surface area (Å²) in [6, 6.07) is 12.3. The summed E-state index contributed by atoms with van der Waals surface area (Å²) in [6.07, 6.45) is 2.23. The molecule has 0 atom stereocenters. The Bertz CT molecular complexity index is 616. The van der Waals surface area contributed by atoms with E-state index < -0.39 is 0 Å². The normalized spacial score (nSPS) is 14.1. The third-order valence-corrected chi connectivity index (χ3v) is 4.30. The first-order valence-electron chi connectivity index (χ1n) is 6.91. The van der Waals surface area contributed by atoms with E-state index in [2.05, 4.69) is 29.7 Å². The van der Waals surface area contributed by atoms with Crippen LogP contribution in [-0.2, 0) is 6.54 Å². The van der Waals surface area contributed by atoms with Gasteiger partial charge >= 0.3 is 0 Å². The van der Waals surface area contributed by atoms with E-state index in [0.29, 0.717) is 6.04 Å².